The molecule has 1 aromatic heterocycles. The van der Waals surface area contributed by atoms with Crippen LogP contribution >= 0.6 is 0 Å². The standard InChI is InChI=1S/C9H17N3O3S/c1-7(2)9(13)5-11-16(14,15)8-4-10-12(3)6-8/h4,6-7,9,11,13H,5H2,1-3H3. The molecule has 1 heterocycles. The van der Waals surface area contributed by atoms with Crippen LogP contribution in [0.2, 0.25) is 0 Å². The summed E-state index contributed by atoms with van der Waals surface area (Å²) in [7, 11) is -1.92. The topological polar surface area (TPSA) is 84.2 Å². The first kappa shape index (κ1) is 13.1. The van der Waals surface area contributed by atoms with E-state index < -0.39 is 16.1 Å². The predicted octanol–water partition coefficient (Wildman–Crippen LogP) is -0.285. The minimum atomic E-state index is -3.56. The van der Waals surface area contributed by atoms with Gasteiger partial charge in [-0.1, -0.05) is 13.8 Å². The quantitative estimate of drug-likeness (QED) is 0.749. The molecule has 7 heteroatoms. The second kappa shape index (κ2) is 4.94. The van der Waals surface area contributed by atoms with Crippen LogP contribution in [0.4, 0.5) is 0 Å². The highest BCUT2D eigenvalue weighted by Crippen LogP contribution is 2.07. The summed E-state index contributed by atoms with van der Waals surface area (Å²) in [5.74, 6) is 0.0107. The number of aliphatic hydroxyl groups is 1. The number of sulfonamides is 1. The van der Waals surface area contributed by atoms with Gasteiger partial charge in [0.15, 0.2) is 0 Å². The van der Waals surface area contributed by atoms with E-state index in [9.17, 15) is 13.5 Å². The fraction of sp³-hybridized carbons (Fsp3) is 0.667. The van der Waals surface area contributed by atoms with Crippen molar-refractivity contribution in [2.75, 3.05) is 6.54 Å². The van der Waals surface area contributed by atoms with Crippen molar-refractivity contribution in [2.45, 2.75) is 24.8 Å². The lowest BCUT2D eigenvalue weighted by molar-refractivity contribution is 0.129. The van der Waals surface area contributed by atoms with E-state index in [1.165, 1.54) is 17.1 Å². The fourth-order valence-electron chi connectivity index (χ4n) is 1.05. The first-order valence-corrected chi connectivity index (χ1v) is 6.47. The number of hydrogen-bond donors (Lipinski definition) is 2. The van der Waals surface area contributed by atoms with E-state index in [4.69, 9.17) is 0 Å². The normalized spacial score (nSPS) is 14.3. The van der Waals surface area contributed by atoms with Gasteiger partial charge in [-0.3, -0.25) is 4.68 Å². The Balaban J connectivity index is 2.67. The third-order valence-corrected chi connectivity index (χ3v) is 3.62. The third-order valence-electron chi connectivity index (χ3n) is 2.24. The third kappa shape index (κ3) is 3.29. The molecule has 0 aromatic carbocycles. The van der Waals surface area contributed by atoms with E-state index in [-0.39, 0.29) is 17.4 Å². The Morgan fingerprint density at radius 1 is 1.56 bits per heavy atom. The number of nitrogens with zero attached hydrogens (tertiary/aromatic N) is 2. The average Bonchev–Trinajstić information content (AvgIpc) is 2.61. The Labute approximate surface area is 95.3 Å². The summed E-state index contributed by atoms with van der Waals surface area (Å²) >= 11 is 0. The second-order valence-electron chi connectivity index (χ2n) is 4.01. The molecule has 1 atom stereocenters. The number of nitrogens with one attached hydrogen (secondary N) is 1. The molecule has 16 heavy (non-hydrogen) atoms. The molecule has 0 amide bonds. The van der Waals surface area contributed by atoms with Crippen molar-refractivity contribution >= 4 is 10.0 Å². The summed E-state index contributed by atoms with van der Waals surface area (Å²) in [4.78, 5) is 0.103. The van der Waals surface area contributed by atoms with Gasteiger partial charge in [0.05, 0.1) is 12.3 Å². The predicted molar refractivity (Wildman–Crippen MR) is 59.2 cm³/mol. The van der Waals surface area contributed by atoms with Crippen molar-refractivity contribution in [3.05, 3.63) is 12.4 Å². The van der Waals surface area contributed by atoms with Gasteiger partial charge in [0.2, 0.25) is 10.0 Å². The molecule has 0 bridgehead atoms. The highest BCUT2D eigenvalue weighted by molar-refractivity contribution is 7.89. The van der Waals surface area contributed by atoms with Gasteiger partial charge in [-0.25, -0.2) is 13.1 Å². The number of aromatic nitrogens is 2. The van der Waals surface area contributed by atoms with E-state index in [1.54, 1.807) is 7.05 Å². The van der Waals surface area contributed by atoms with Crippen LogP contribution in [-0.4, -0.2) is 36.0 Å². The maximum Gasteiger partial charge on any atom is 0.243 e. The van der Waals surface area contributed by atoms with E-state index >= 15 is 0 Å². The summed E-state index contributed by atoms with van der Waals surface area (Å²) in [5, 5.41) is 13.3. The van der Waals surface area contributed by atoms with Crippen molar-refractivity contribution in [3.8, 4) is 0 Å². The summed E-state index contributed by atoms with van der Waals surface area (Å²) < 4.78 is 27.1. The van der Waals surface area contributed by atoms with Crippen molar-refractivity contribution in [1.82, 2.24) is 14.5 Å². The van der Waals surface area contributed by atoms with Crippen LogP contribution in [-0.2, 0) is 17.1 Å². The average molecular weight is 247 g/mol. The molecule has 6 nitrogen and oxygen atoms in total. The molecule has 0 saturated heterocycles. The lowest BCUT2D eigenvalue weighted by Gasteiger charge is -2.14. The zero-order chi connectivity index (χ0) is 12.3. The zero-order valence-electron chi connectivity index (χ0n) is 9.58. The Hall–Kier alpha value is -0.920. The lowest BCUT2D eigenvalue weighted by Crippen LogP contribution is -2.34. The number of aliphatic hydroxyl groups excluding tert-OH is 1. The van der Waals surface area contributed by atoms with Crippen LogP contribution < -0.4 is 4.72 Å². The molecule has 0 saturated carbocycles. The first-order chi connectivity index (χ1) is 7.33. The molecular formula is C9H17N3O3S. The molecule has 1 aromatic rings. The van der Waals surface area contributed by atoms with Gasteiger partial charge in [-0.05, 0) is 5.92 Å². The van der Waals surface area contributed by atoms with Crippen molar-refractivity contribution < 1.29 is 13.5 Å². The van der Waals surface area contributed by atoms with E-state index in [2.05, 4.69) is 9.82 Å². The molecular weight excluding hydrogens is 230 g/mol. The Kier molecular flexibility index (Phi) is 4.06. The van der Waals surface area contributed by atoms with Crippen LogP contribution in [0.5, 0.6) is 0 Å². The number of aryl methyl sites for hydroxylation is 1. The molecule has 2 N–H and O–H groups in total. The smallest absolute Gasteiger partial charge is 0.243 e. The molecule has 0 fully saturated rings. The number of hydrogen-bond acceptors (Lipinski definition) is 4. The Bertz CT molecular complexity index is 439. The van der Waals surface area contributed by atoms with Crippen LogP contribution in [0.25, 0.3) is 0 Å². The van der Waals surface area contributed by atoms with Crippen LogP contribution in [0.3, 0.4) is 0 Å². The maximum atomic E-state index is 11.7. The summed E-state index contributed by atoms with van der Waals surface area (Å²) in [6.07, 6.45) is 1.99. The van der Waals surface area contributed by atoms with E-state index in [0.717, 1.165) is 0 Å². The van der Waals surface area contributed by atoms with E-state index in [1.807, 2.05) is 13.8 Å². The molecule has 1 rings (SSSR count). The summed E-state index contributed by atoms with van der Waals surface area (Å²) in [5.41, 5.74) is 0. The minimum absolute atomic E-state index is 0.00882. The molecule has 1 unspecified atom stereocenters. The SMILES string of the molecule is CC(C)C(O)CNS(=O)(=O)c1cnn(C)c1. The van der Waals surface area contributed by atoms with E-state index in [0.29, 0.717) is 0 Å². The molecule has 92 valence electrons. The fourth-order valence-corrected chi connectivity index (χ4v) is 2.09. The van der Waals surface area contributed by atoms with Gasteiger partial charge < -0.3 is 5.11 Å². The van der Waals surface area contributed by atoms with Gasteiger partial charge >= 0.3 is 0 Å². The van der Waals surface area contributed by atoms with Gasteiger partial charge in [-0.15, -0.1) is 0 Å². The largest absolute Gasteiger partial charge is 0.391 e. The van der Waals surface area contributed by atoms with Crippen molar-refractivity contribution in [1.29, 1.82) is 0 Å². The molecule has 0 aliphatic heterocycles. The number of rotatable bonds is 5. The van der Waals surface area contributed by atoms with Crippen LogP contribution in [0.15, 0.2) is 17.3 Å². The molecule has 0 aliphatic carbocycles. The zero-order valence-corrected chi connectivity index (χ0v) is 10.4. The van der Waals surface area contributed by atoms with Crippen molar-refractivity contribution in [3.63, 3.8) is 0 Å². The minimum Gasteiger partial charge on any atom is -0.391 e. The molecule has 0 spiro atoms. The lowest BCUT2D eigenvalue weighted by atomic mass is 10.1. The Morgan fingerprint density at radius 2 is 2.19 bits per heavy atom. The van der Waals surface area contributed by atoms with Crippen LogP contribution in [0, 0.1) is 5.92 Å². The Morgan fingerprint density at radius 3 is 2.62 bits per heavy atom. The first-order valence-electron chi connectivity index (χ1n) is 4.99. The van der Waals surface area contributed by atoms with Gasteiger partial charge in [0.25, 0.3) is 0 Å². The van der Waals surface area contributed by atoms with Gasteiger partial charge in [-0.2, -0.15) is 5.10 Å². The second-order valence-corrected chi connectivity index (χ2v) is 5.78. The molecule has 0 radical (unpaired) electrons. The molecule has 0 aliphatic rings. The van der Waals surface area contributed by atoms with Crippen LogP contribution in [0.1, 0.15) is 13.8 Å². The van der Waals surface area contributed by atoms with Crippen molar-refractivity contribution in [2.24, 2.45) is 13.0 Å². The van der Waals surface area contributed by atoms with Gasteiger partial charge in [0, 0.05) is 19.8 Å². The van der Waals surface area contributed by atoms with Gasteiger partial charge in [0.1, 0.15) is 4.90 Å². The summed E-state index contributed by atoms with van der Waals surface area (Å²) in [6.45, 7) is 3.65. The monoisotopic (exact) mass is 247 g/mol. The highest BCUT2D eigenvalue weighted by Gasteiger charge is 2.18. The summed E-state index contributed by atoms with van der Waals surface area (Å²) in [6, 6.07) is 0. The maximum absolute atomic E-state index is 11.7. The highest BCUT2D eigenvalue weighted by atomic mass is 32.2.